The van der Waals surface area contributed by atoms with Crippen LogP contribution >= 0.6 is 11.6 Å². The molecule has 0 aliphatic carbocycles. The molecule has 3 aromatic carbocycles. The van der Waals surface area contributed by atoms with Crippen LogP contribution < -0.4 is 11.1 Å². The predicted molar refractivity (Wildman–Crippen MR) is 151 cm³/mol. The number of hydrogen-bond donors (Lipinski definition) is 4. The van der Waals surface area contributed by atoms with E-state index in [0.29, 0.717) is 33.5 Å². The first-order valence-corrected chi connectivity index (χ1v) is 13.9. The number of carboxylic acids is 1. The molecular weight excluding hydrogens is 599 g/mol. The van der Waals surface area contributed by atoms with Gasteiger partial charge in [0.2, 0.25) is 15.9 Å². The van der Waals surface area contributed by atoms with Gasteiger partial charge in [-0.1, -0.05) is 54.1 Å². The normalized spacial score (nSPS) is 12.0. The average Bonchev–Trinajstić information content (AvgIpc) is 2.91. The van der Waals surface area contributed by atoms with Crippen LogP contribution in [0.4, 0.5) is 18.9 Å². The zero-order valence-corrected chi connectivity index (χ0v) is 23.7. The van der Waals surface area contributed by atoms with Crippen molar-refractivity contribution in [3.8, 4) is 17.2 Å². The number of hydrogen-bond acceptors (Lipinski definition) is 6. The minimum absolute atomic E-state index is 0.0573. The fraction of sp³-hybridized carbons (Fsp3) is 0.185. The maximum absolute atomic E-state index is 13.2. The zero-order valence-electron chi connectivity index (χ0n) is 22.1. The number of sulfonamides is 1. The van der Waals surface area contributed by atoms with Gasteiger partial charge in [0.1, 0.15) is 11.9 Å². The van der Waals surface area contributed by atoms with Crippen LogP contribution in [0.3, 0.4) is 0 Å². The van der Waals surface area contributed by atoms with E-state index >= 15 is 0 Å². The van der Waals surface area contributed by atoms with E-state index < -0.39 is 34.1 Å². The fourth-order valence-corrected chi connectivity index (χ4v) is 4.40. The summed E-state index contributed by atoms with van der Waals surface area (Å²) in [5.41, 5.74) is 8.87. The summed E-state index contributed by atoms with van der Waals surface area (Å²) < 4.78 is 57.3. The Balaban J connectivity index is 0.000000782. The third-order valence-corrected chi connectivity index (χ3v) is 7.37. The minimum atomic E-state index is -5.08. The van der Waals surface area contributed by atoms with E-state index in [1.165, 1.54) is 7.05 Å². The maximum atomic E-state index is 13.2. The molecule has 0 aliphatic heterocycles. The van der Waals surface area contributed by atoms with E-state index in [1.54, 1.807) is 60.7 Å². The molecule has 3 aromatic rings. The first-order valence-electron chi connectivity index (χ1n) is 11.7. The smallest absolute Gasteiger partial charge is 0.475 e. The molecule has 0 aromatic heterocycles. The van der Waals surface area contributed by atoms with E-state index in [-0.39, 0.29) is 17.3 Å². The fourth-order valence-electron chi connectivity index (χ4n) is 3.54. The van der Waals surface area contributed by atoms with Crippen molar-refractivity contribution in [3.05, 3.63) is 88.4 Å². The summed E-state index contributed by atoms with van der Waals surface area (Å²) in [6.45, 7) is 0. The largest absolute Gasteiger partial charge is 0.490 e. The Kier molecular flexibility index (Phi) is 11.2. The molecule has 0 radical (unpaired) electrons. The number of nitrogens with zero attached hydrogens (tertiary/aromatic N) is 2. The number of nitrogen functional groups attached to an aromatic ring is 1. The van der Waals surface area contributed by atoms with Gasteiger partial charge >= 0.3 is 12.1 Å². The molecule has 0 spiro atoms. The van der Waals surface area contributed by atoms with Crippen LogP contribution in [0.25, 0.3) is 11.1 Å². The number of amidine groups is 1. The molecule has 0 unspecified atom stereocenters. The number of amides is 1. The second-order valence-corrected chi connectivity index (χ2v) is 11.2. The Hall–Kier alpha value is -4.45. The molecule has 1 amide bonds. The monoisotopic (exact) mass is 623 g/mol. The van der Waals surface area contributed by atoms with Crippen LogP contribution in [0.5, 0.6) is 0 Å². The summed E-state index contributed by atoms with van der Waals surface area (Å²) in [7, 11) is -2.37. The molecule has 42 heavy (non-hydrogen) atoms. The molecule has 0 saturated heterocycles. The standard InChI is InChI=1S/C25H24ClN5O3S.C2HF3O2/c1-31(35(2,33)34)23(13-16-6-5-8-18(12-16)24(28)29)25(32)30-22-11-10-17(14-21(22)26)20-9-4-3-7-19(20)15-27;3-2(4,5)1(6)7/h3-12,14,23H,13H2,1-2H3,(H3,28,29)(H,30,32);(H,6,7)/t23-;/m0./s1. The predicted octanol–water partition coefficient (Wildman–Crippen LogP) is 4.24. The second-order valence-electron chi connectivity index (χ2n) is 8.76. The Labute approximate surface area is 244 Å². The van der Waals surface area contributed by atoms with Crippen LogP contribution in [-0.2, 0) is 26.0 Å². The number of alkyl halides is 3. The number of likely N-dealkylation sites (N-methyl/N-ethyl adjacent to an activating group) is 1. The number of carbonyl (C=O) groups is 2. The van der Waals surface area contributed by atoms with Gasteiger partial charge in [-0.15, -0.1) is 0 Å². The molecule has 1 atom stereocenters. The topological polar surface area (TPSA) is 177 Å². The van der Waals surface area contributed by atoms with E-state index in [4.69, 9.17) is 32.6 Å². The van der Waals surface area contributed by atoms with Crippen molar-refractivity contribution in [2.75, 3.05) is 18.6 Å². The van der Waals surface area contributed by atoms with Crippen molar-refractivity contribution < 1.29 is 36.3 Å². The molecular formula is C27H25ClF3N5O5S. The van der Waals surface area contributed by atoms with Crippen molar-refractivity contribution in [1.82, 2.24) is 4.31 Å². The van der Waals surface area contributed by atoms with Crippen molar-refractivity contribution in [1.29, 1.82) is 10.7 Å². The lowest BCUT2D eigenvalue weighted by molar-refractivity contribution is -0.192. The van der Waals surface area contributed by atoms with Crippen LogP contribution in [0.15, 0.2) is 66.7 Å². The van der Waals surface area contributed by atoms with E-state index in [0.717, 1.165) is 10.6 Å². The van der Waals surface area contributed by atoms with Crippen molar-refractivity contribution in [3.63, 3.8) is 0 Å². The molecule has 15 heteroatoms. The maximum Gasteiger partial charge on any atom is 0.490 e. The van der Waals surface area contributed by atoms with Crippen molar-refractivity contribution in [2.24, 2.45) is 5.73 Å². The molecule has 10 nitrogen and oxygen atoms in total. The Morgan fingerprint density at radius 1 is 1.14 bits per heavy atom. The lowest BCUT2D eigenvalue weighted by Gasteiger charge is -2.26. The lowest BCUT2D eigenvalue weighted by Crippen LogP contribution is -2.46. The highest BCUT2D eigenvalue weighted by molar-refractivity contribution is 7.88. The Bertz CT molecular complexity index is 1640. The quantitative estimate of drug-likeness (QED) is 0.214. The van der Waals surface area contributed by atoms with Gasteiger partial charge in [0.15, 0.2) is 0 Å². The number of carbonyl (C=O) groups excluding carboxylic acids is 1. The number of nitrogens with one attached hydrogen (secondary N) is 2. The molecule has 0 fully saturated rings. The number of carboxylic acid groups (broad SMARTS) is 1. The van der Waals surface area contributed by atoms with E-state index in [9.17, 15) is 31.6 Å². The molecule has 5 N–H and O–H groups in total. The highest BCUT2D eigenvalue weighted by Gasteiger charge is 2.38. The second kappa shape index (κ2) is 13.9. The van der Waals surface area contributed by atoms with E-state index in [2.05, 4.69) is 11.4 Å². The average molecular weight is 624 g/mol. The summed E-state index contributed by atoms with van der Waals surface area (Å²) >= 11 is 6.44. The number of nitrogens with two attached hydrogens (primary N) is 1. The molecule has 0 bridgehead atoms. The number of anilines is 1. The first kappa shape index (κ1) is 33.8. The number of nitriles is 1. The van der Waals surface area contributed by atoms with Gasteiger partial charge in [-0.05, 0) is 47.4 Å². The van der Waals surface area contributed by atoms with Crippen LogP contribution in [0.1, 0.15) is 16.7 Å². The van der Waals surface area contributed by atoms with Gasteiger partial charge in [0.25, 0.3) is 0 Å². The van der Waals surface area contributed by atoms with Crippen molar-refractivity contribution >= 4 is 45.0 Å². The molecule has 0 aliphatic rings. The van der Waals surface area contributed by atoms with Crippen LogP contribution in [-0.4, -0.2) is 61.1 Å². The summed E-state index contributed by atoms with van der Waals surface area (Å²) in [5, 5.41) is 27.1. The van der Waals surface area contributed by atoms with Gasteiger partial charge < -0.3 is 16.2 Å². The van der Waals surface area contributed by atoms with Crippen LogP contribution in [0.2, 0.25) is 5.02 Å². The summed E-state index contributed by atoms with van der Waals surface area (Å²) in [6.07, 6.45) is -4.00. The number of benzene rings is 3. The Morgan fingerprint density at radius 3 is 2.29 bits per heavy atom. The lowest BCUT2D eigenvalue weighted by atomic mass is 10.00. The van der Waals surface area contributed by atoms with Gasteiger partial charge in [-0.2, -0.15) is 22.7 Å². The third-order valence-electron chi connectivity index (χ3n) is 5.76. The highest BCUT2D eigenvalue weighted by atomic mass is 35.5. The number of aliphatic carboxylic acids is 1. The number of rotatable bonds is 8. The van der Waals surface area contributed by atoms with Gasteiger partial charge in [-0.25, -0.2) is 13.2 Å². The number of halogens is 4. The summed E-state index contributed by atoms with van der Waals surface area (Å²) in [5.74, 6) is -3.46. The zero-order chi connectivity index (χ0) is 31.8. The van der Waals surface area contributed by atoms with Gasteiger partial charge in [0, 0.05) is 12.6 Å². The molecule has 0 saturated carbocycles. The highest BCUT2D eigenvalue weighted by Crippen LogP contribution is 2.31. The SMILES string of the molecule is CN([C@@H](Cc1cccc(C(=N)N)c1)C(=O)Nc1ccc(-c2ccccc2C#N)cc1Cl)S(C)(=O)=O.O=C(O)C(F)(F)F. The summed E-state index contributed by atoms with van der Waals surface area (Å²) in [4.78, 5) is 22.1. The van der Waals surface area contributed by atoms with Gasteiger partial charge in [-0.3, -0.25) is 10.2 Å². The third kappa shape index (κ3) is 9.30. The molecule has 222 valence electrons. The van der Waals surface area contributed by atoms with Crippen LogP contribution in [0, 0.1) is 16.7 Å². The van der Waals surface area contributed by atoms with E-state index in [1.807, 2.05) is 6.07 Å². The van der Waals surface area contributed by atoms with Gasteiger partial charge in [0.05, 0.1) is 28.6 Å². The first-order chi connectivity index (χ1) is 19.4. The molecule has 3 rings (SSSR count). The minimum Gasteiger partial charge on any atom is -0.475 e. The Morgan fingerprint density at radius 2 is 1.76 bits per heavy atom. The molecule has 0 heterocycles. The van der Waals surface area contributed by atoms with Crippen molar-refractivity contribution in [2.45, 2.75) is 18.6 Å². The summed E-state index contributed by atoms with van der Waals surface area (Å²) in [6, 6.07) is 19.8.